The molecule has 6 heteroatoms. The molecule has 0 saturated heterocycles. The van der Waals surface area contributed by atoms with Crippen molar-refractivity contribution in [1.82, 2.24) is 4.90 Å². The number of nitrogens with zero attached hydrogens (tertiary/aromatic N) is 2. The molecule has 0 saturated carbocycles. The predicted octanol–water partition coefficient (Wildman–Crippen LogP) is 1.89. The summed E-state index contributed by atoms with van der Waals surface area (Å²) in [5.41, 5.74) is 1.94. The van der Waals surface area contributed by atoms with E-state index in [1.165, 1.54) is 6.07 Å². The Hall–Kier alpha value is -1.66. The minimum Gasteiger partial charge on any atom is -0.384 e. The predicted molar refractivity (Wildman–Crippen MR) is 75.7 cm³/mol. The van der Waals surface area contributed by atoms with Gasteiger partial charge in [0.1, 0.15) is 0 Å². The van der Waals surface area contributed by atoms with Crippen molar-refractivity contribution in [2.45, 2.75) is 6.92 Å². The van der Waals surface area contributed by atoms with Gasteiger partial charge in [-0.05, 0) is 25.6 Å². The summed E-state index contributed by atoms with van der Waals surface area (Å²) in [5.74, 6) is 0. The zero-order valence-corrected chi connectivity index (χ0v) is 11.7. The lowest BCUT2D eigenvalue weighted by atomic mass is 10.2. The molecule has 106 valence electrons. The molecule has 0 fully saturated rings. The van der Waals surface area contributed by atoms with E-state index in [1.54, 1.807) is 19.2 Å². The second kappa shape index (κ2) is 7.70. The van der Waals surface area contributed by atoms with Crippen molar-refractivity contribution in [2.24, 2.45) is 0 Å². The Morgan fingerprint density at radius 3 is 2.74 bits per heavy atom. The third-order valence-electron chi connectivity index (χ3n) is 2.91. The van der Waals surface area contributed by atoms with Gasteiger partial charge >= 0.3 is 0 Å². The smallest absolute Gasteiger partial charge is 0.269 e. The lowest BCUT2D eigenvalue weighted by molar-refractivity contribution is -0.384. The molecule has 1 aromatic rings. The monoisotopic (exact) mass is 267 g/mol. The van der Waals surface area contributed by atoms with Gasteiger partial charge in [-0.3, -0.25) is 10.1 Å². The fourth-order valence-electron chi connectivity index (χ4n) is 1.70. The van der Waals surface area contributed by atoms with Crippen molar-refractivity contribution in [3.8, 4) is 0 Å². The summed E-state index contributed by atoms with van der Waals surface area (Å²) in [7, 11) is 3.72. The first-order valence-electron chi connectivity index (χ1n) is 6.21. The number of likely N-dealkylation sites (N-methyl/N-ethyl adjacent to an activating group) is 1. The first-order valence-corrected chi connectivity index (χ1v) is 6.21. The molecule has 19 heavy (non-hydrogen) atoms. The van der Waals surface area contributed by atoms with Crippen molar-refractivity contribution in [2.75, 3.05) is 45.7 Å². The summed E-state index contributed by atoms with van der Waals surface area (Å²) >= 11 is 0. The molecule has 6 nitrogen and oxygen atoms in total. The van der Waals surface area contributed by atoms with Gasteiger partial charge in [-0.2, -0.15) is 0 Å². The fraction of sp³-hybridized carbons (Fsp3) is 0.538. The number of ether oxygens (including phenoxy) is 1. The second-order valence-electron chi connectivity index (χ2n) is 4.48. The topological polar surface area (TPSA) is 67.6 Å². The summed E-state index contributed by atoms with van der Waals surface area (Å²) in [4.78, 5) is 12.4. The molecule has 0 bridgehead atoms. The van der Waals surface area contributed by atoms with Gasteiger partial charge in [0.05, 0.1) is 11.5 Å². The largest absolute Gasteiger partial charge is 0.384 e. The van der Waals surface area contributed by atoms with E-state index in [0.717, 1.165) is 30.9 Å². The summed E-state index contributed by atoms with van der Waals surface area (Å²) in [6.07, 6.45) is 0. The van der Waals surface area contributed by atoms with E-state index in [1.807, 2.05) is 14.0 Å². The molecule has 0 spiro atoms. The van der Waals surface area contributed by atoms with Crippen LogP contribution in [0.2, 0.25) is 0 Å². The molecule has 0 aromatic heterocycles. The summed E-state index contributed by atoms with van der Waals surface area (Å²) in [5, 5.41) is 13.9. The molecule has 1 aromatic carbocycles. The van der Waals surface area contributed by atoms with Gasteiger partial charge < -0.3 is 15.0 Å². The lowest BCUT2D eigenvalue weighted by Gasteiger charge is -2.17. The third-order valence-corrected chi connectivity index (χ3v) is 2.91. The number of nitro benzene ring substituents is 1. The first kappa shape index (κ1) is 15.4. The molecule has 1 rings (SSSR count). The van der Waals surface area contributed by atoms with Gasteiger partial charge in [-0.1, -0.05) is 0 Å². The molecule has 0 aliphatic heterocycles. The van der Waals surface area contributed by atoms with Crippen LogP contribution < -0.4 is 5.32 Å². The Morgan fingerprint density at radius 1 is 1.42 bits per heavy atom. The number of methoxy groups -OCH3 is 1. The average molecular weight is 267 g/mol. The number of anilines is 1. The van der Waals surface area contributed by atoms with Gasteiger partial charge in [-0.25, -0.2) is 0 Å². The molecule has 0 atom stereocenters. The number of benzene rings is 1. The molecular weight excluding hydrogens is 246 g/mol. The van der Waals surface area contributed by atoms with Crippen LogP contribution in [-0.2, 0) is 4.74 Å². The average Bonchev–Trinajstić information content (AvgIpc) is 2.38. The lowest BCUT2D eigenvalue weighted by Crippen LogP contribution is -2.28. The minimum atomic E-state index is -0.380. The number of nitrogens with one attached hydrogen (secondary N) is 1. The van der Waals surface area contributed by atoms with Gasteiger partial charge in [0.15, 0.2) is 0 Å². The Labute approximate surface area is 113 Å². The van der Waals surface area contributed by atoms with Gasteiger partial charge in [-0.15, -0.1) is 0 Å². The molecule has 1 N–H and O–H groups in total. The van der Waals surface area contributed by atoms with Crippen molar-refractivity contribution in [1.29, 1.82) is 0 Å². The third kappa shape index (κ3) is 5.23. The van der Waals surface area contributed by atoms with Crippen LogP contribution in [0.25, 0.3) is 0 Å². The maximum absolute atomic E-state index is 10.6. The highest BCUT2D eigenvalue weighted by Crippen LogP contribution is 2.20. The number of hydrogen-bond donors (Lipinski definition) is 1. The van der Waals surface area contributed by atoms with E-state index < -0.39 is 0 Å². The maximum Gasteiger partial charge on any atom is 0.269 e. The van der Waals surface area contributed by atoms with Crippen LogP contribution in [0.3, 0.4) is 0 Å². The fourth-order valence-corrected chi connectivity index (χ4v) is 1.70. The van der Waals surface area contributed by atoms with E-state index in [-0.39, 0.29) is 10.6 Å². The van der Waals surface area contributed by atoms with E-state index in [4.69, 9.17) is 4.74 Å². The van der Waals surface area contributed by atoms with Crippen LogP contribution in [0.5, 0.6) is 0 Å². The number of non-ortho nitro benzene ring substituents is 1. The van der Waals surface area contributed by atoms with Crippen LogP contribution in [0, 0.1) is 17.0 Å². The van der Waals surface area contributed by atoms with Crippen LogP contribution in [0.15, 0.2) is 18.2 Å². The van der Waals surface area contributed by atoms with Crippen LogP contribution in [-0.4, -0.2) is 50.2 Å². The molecule has 0 radical (unpaired) electrons. The van der Waals surface area contributed by atoms with E-state index in [9.17, 15) is 10.1 Å². The molecule has 0 unspecified atom stereocenters. The quantitative estimate of drug-likeness (QED) is 0.575. The molecule has 0 aliphatic carbocycles. The SMILES string of the molecule is COCCN(C)CCNc1ccc([N+](=O)[O-])cc1C. The molecule has 0 amide bonds. The first-order chi connectivity index (χ1) is 9.04. The Bertz CT molecular complexity index is 424. The summed E-state index contributed by atoms with van der Waals surface area (Å²) < 4.78 is 5.01. The highest BCUT2D eigenvalue weighted by atomic mass is 16.6. The Balaban J connectivity index is 2.43. The zero-order chi connectivity index (χ0) is 14.3. The maximum atomic E-state index is 10.6. The van der Waals surface area contributed by atoms with Crippen LogP contribution >= 0.6 is 0 Å². The van der Waals surface area contributed by atoms with E-state index >= 15 is 0 Å². The second-order valence-corrected chi connectivity index (χ2v) is 4.48. The van der Waals surface area contributed by atoms with Crippen LogP contribution in [0.1, 0.15) is 5.56 Å². The molecular formula is C13H21N3O3. The van der Waals surface area contributed by atoms with E-state index in [0.29, 0.717) is 6.61 Å². The number of aryl methyl sites for hydroxylation is 1. The highest BCUT2D eigenvalue weighted by Gasteiger charge is 2.07. The van der Waals surface area contributed by atoms with Crippen LogP contribution in [0.4, 0.5) is 11.4 Å². The minimum absolute atomic E-state index is 0.125. The van der Waals surface area contributed by atoms with Gasteiger partial charge in [0.2, 0.25) is 0 Å². The Morgan fingerprint density at radius 2 is 2.16 bits per heavy atom. The van der Waals surface area contributed by atoms with Crippen molar-refractivity contribution in [3.63, 3.8) is 0 Å². The number of hydrogen-bond acceptors (Lipinski definition) is 5. The molecule has 0 heterocycles. The van der Waals surface area contributed by atoms with E-state index in [2.05, 4.69) is 10.2 Å². The highest BCUT2D eigenvalue weighted by molar-refractivity contribution is 5.55. The van der Waals surface area contributed by atoms with Gasteiger partial charge in [0.25, 0.3) is 5.69 Å². The Kier molecular flexibility index (Phi) is 6.24. The zero-order valence-electron chi connectivity index (χ0n) is 11.7. The standard InChI is InChI=1S/C13H21N3O3/c1-11-10-12(16(17)18)4-5-13(11)14-6-7-15(2)8-9-19-3/h4-5,10,14H,6-9H2,1-3H3. The van der Waals surface area contributed by atoms with Gasteiger partial charge in [0, 0.05) is 44.6 Å². The summed E-state index contributed by atoms with van der Waals surface area (Å²) in [6, 6.07) is 4.85. The summed E-state index contributed by atoms with van der Waals surface area (Å²) in [6.45, 7) is 5.15. The van der Waals surface area contributed by atoms with Crippen molar-refractivity contribution < 1.29 is 9.66 Å². The normalized spacial score (nSPS) is 10.7. The van der Waals surface area contributed by atoms with Crippen molar-refractivity contribution >= 4 is 11.4 Å². The van der Waals surface area contributed by atoms with Crippen molar-refractivity contribution in [3.05, 3.63) is 33.9 Å². The molecule has 0 aliphatic rings. The number of nitro groups is 1. The number of rotatable bonds is 8.